The van der Waals surface area contributed by atoms with Crippen molar-refractivity contribution in [2.45, 2.75) is 19.3 Å². The first-order valence-electron chi connectivity index (χ1n) is 4.65. The maximum atomic E-state index is 8.95. The molecule has 73 valence electrons. The van der Waals surface area contributed by atoms with Crippen LogP contribution in [-0.2, 0) is 6.42 Å². The molecule has 0 heterocycles. The van der Waals surface area contributed by atoms with Gasteiger partial charge in [0.2, 0.25) is 0 Å². The Bertz CT molecular complexity index is 352. The van der Waals surface area contributed by atoms with Crippen LogP contribution in [0.25, 0.3) is 0 Å². The van der Waals surface area contributed by atoms with E-state index in [0.29, 0.717) is 0 Å². The number of halogens is 1. The van der Waals surface area contributed by atoms with Crippen molar-refractivity contribution in [1.82, 2.24) is 0 Å². The van der Waals surface area contributed by atoms with Gasteiger partial charge in [0.15, 0.2) is 0 Å². The Morgan fingerprint density at radius 1 is 1.57 bits per heavy atom. The Hall–Kier alpha value is -0.810. The summed E-state index contributed by atoms with van der Waals surface area (Å²) in [6.45, 7) is 6.12. The summed E-state index contributed by atoms with van der Waals surface area (Å²) in [6.07, 6.45) is 0.887. The average molecular weight is 251 g/mol. The van der Waals surface area contributed by atoms with Crippen molar-refractivity contribution in [3.05, 3.63) is 41.8 Å². The summed E-state index contributed by atoms with van der Waals surface area (Å²) in [5.74, 6) is 0.221. The molecule has 1 nitrogen and oxygen atoms in total. The Morgan fingerprint density at radius 3 is 2.79 bits per heavy atom. The second-order valence-corrected chi connectivity index (χ2v) is 3.84. The molecule has 0 saturated carbocycles. The lowest BCUT2D eigenvalue weighted by molar-refractivity contribution is 0.941. The van der Waals surface area contributed by atoms with Gasteiger partial charge >= 0.3 is 0 Å². The van der Waals surface area contributed by atoms with Crippen LogP contribution in [0.3, 0.4) is 0 Å². The van der Waals surface area contributed by atoms with Crippen LogP contribution in [0.15, 0.2) is 18.2 Å². The van der Waals surface area contributed by atoms with Gasteiger partial charge in [0.05, 0.1) is 11.6 Å². The van der Waals surface area contributed by atoms with Gasteiger partial charge in [-0.3, -0.25) is 0 Å². The molecular formula is C12H13BrN. The molecule has 0 saturated heterocycles. The fourth-order valence-electron chi connectivity index (χ4n) is 1.57. The number of nitriles is 1. The lowest BCUT2D eigenvalue weighted by Crippen LogP contribution is -2.02. The molecule has 1 aromatic rings. The van der Waals surface area contributed by atoms with E-state index < -0.39 is 0 Å². The number of hydrogen-bond acceptors (Lipinski definition) is 1. The third-order valence-electron chi connectivity index (χ3n) is 2.31. The standard InChI is InChI=1S/C12H13BrN/c1-3-11-10(8-14)5-4-6-12(11)9(2)7-13/h4-6,9H,2-3,7H2,1H3. The molecule has 0 amide bonds. The minimum absolute atomic E-state index is 0.221. The van der Waals surface area contributed by atoms with Crippen LogP contribution < -0.4 is 0 Å². The van der Waals surface area contributed by atoms with Crippen LogP contribution in [0, 0.1) is 18.3 Å². The first kappa shape index (κ1) is 11.3. The van der Waals surface area contributed by atoms with Gasteiger partial charge in [0.25, 0.3) is 0 Å². The van der Waals surface area contributed by atoms with E-state index in [9.17, 15) is 0 Å². The molecule has 1 radical (unpaired) electrons. The molecule has 0 aliphatic carbocycles. The van der Waals surface area contributed by atoms with Gasteiger partial charge in [-0.25, -0.2) is 0 Å². The Morgan fingerprint density at radius 2 is 2.29 bits per heavy atom. The largest absolute Gasteiger partial charge is 0.192 e. The van der Waals surface area contributed by atoms with Crippen molar-refractivity contribution in [3.8, 4) is 6.07 Å². The highest BCUT2D eigenvalue weighted by molar-refractivity contribution is 9.09. The Labute approximate surface area is 93.9 Å². The fourth-order valence-corrected chi connectivity index (χ4v) is 1.92. The predicted molar refractivity (Wildman–Crippen MR) is 62.4 cm³/mol. The van der Waals surface area contributed by atoms with Crippen molar-refractivity contribution in [1.29, 1.82) is 5.26 Å². The molecule has 0 N–H and O–H groups in total. The summed E-state index contributed by atoms with van der Waals surface area (Å²) < 4.78 is 0. The molecule has 0 aromatic heterocycles. The second-order valence-electron chi connectivity index (χ2n) is 3.19. The van der Waals surface area contributed by atoms with Gasteiger partial charge in [-0.05, 0) is 36.5 Å². The van der Waals surface area contributed by atoms with Crippen molar-refractivity contribution >= 4 is 15.9 Å². The van der Waals surface area contributed by atoms with E-state index in [4.69, 9.17) is 5.26 Å². The number of hydrogen-bond donors (Lipinski definition) is 0. The molecule has 2 heteroatoms. The zero-order valence-electron chi connectivity index (χ0n) is 8.26. The predicted octanol–water partition coefficient (Wildman–Crippen LogP) is 3.43. The topological polar surface area (TPSA) is 23.8 Å². The van der Waals surface area contributed by atoms with Gasteiger partial charge in [-0.15, -0.1) is 0 Å². The van der Waals surface area contributed by atoms with Gasteiger partial charge in [-0.2, -0.15) is 5.26 Å². The quantitative estimate of drug-likeness (QED) is 0.755. The maximum absolute atomic E-state index is 8.95. The molecular weight excluding hydrogens is 238 g/mol. The number of alkyl halides is 1. The fraction of sp³-hybridized carbons (Fsp3) is 0.333. The lowest BCUT2D eigenvalue weighted by atomic mass is 9.92. The van der Waals surface area contributed by atoms with Crippen molar-refractivity contribution in [3.63, 3.8) is 0 Å². The van der Waals surface area contributed by atoms with Gasteiger partial charge in [0, 0.05) is 5.33 Å². The average Bonchev–Trinajstić information content (AvgIpc) is 2.26. The van der Waals surface area contributed by atoms with Gasteiger partial charge in [-0.1, -0.05) is 35.0 Å². The minimum atomic E-state index is 0.221. The number of nitrogens with zero attached hydrogens (tertiary/aromatic N) is 1. The zero-order valence-corrected chi connectivity index (χ0v) is 9.84. The molecule has 0 aliphatic heterocycles. The first-order chi connectivity index (χ1) is 6.74. The highest BCUT2D eigenvalue weighted by Gasteiger charge is 2.11. The molecule has 14 heavy (non-hydrogen) atoms. The van der Waals surface area contributed by atoms with Crippen LogP contribution in [0.5, 0.6) is 0 Å². The van der Waals surface area contributed by atoms with E-state index in [1.807, 2.05) is 12.1 Å². The molecule has 0 aliphatic rings. The highest BCUT2D eigenvalue weighted by atomic mass is 79.9. The van der Waals surface area contributed by atoms with Gasteiger partial charge in [0.1, 0.15) is 0 Å². The van der Waals surface area contributed by atoms with Gasteiger partial charge < -0.3 is 0 Å². The molecule has 1 atom stereocenters. The number of benzene rings is 1. The normalized spacial score (nSPS) is 12.1. The highest BCUT2D eigenvalue weighted by Crippen LogP contribution is 2.24. The minimum Gasteiger partial charge on any atom is -0.192 e. The van der Waals surface area contributed by atoms with E-state index in [1.54, 1.807) is 0 Å². The zero-order chi connectivity index (χ0) is 10.6. The summed E-state index contributed by atoms with van der Waals surface area (Å²) in [5.41, 5.74) is 3.09. The van der Waals surface area contributed by atoms with Crippen LogP contribution in [0.4, 0.5) is 0 Å². The number of rotatable bonds is 3. The van der Waals surface area contributed by atoms with E-state index >= 15 is 0 Å². The van der Waals surface area contributed by atoms with E-state index in [1.165, 1.54) is 5.56 Å². The van der Waals surface area contributed by atoms with E-state index in [2.05, 4.69) is 41.9 Å². The van der Waals surface area contributed by atoms with E-state index in [-0.39, 0.29) is 5.92 Å². The van der Waals surface area contributed by atoms with Crippen molar-refractivity contribution in [2.75, 3.05) is 5.33 Å². The third-order valence-corrected chi connectivity index (χ3v) is 3.09. The van der Waals surface area contributed by atoms with Crippen LogP contribution in [0.2, 0.25) is 0 Å². The van der Waals surface area contributed by atoms with Crippen molar-refractivity contribution in [2.24, 2.45) is 0 Å². The van der Waals surface area contributed by atoms with Crippen LogP contribution in [0.1, 0.15) is 29.5 Å². The molecule has 0 bridgehead atoms. The smallest absolute Gasteiger partial charge is 0.0994 e. The summed E-state index contributed by atoms with van der Waals surface area (Å²) in [7, 11) is 0. The van der Waals surface area contributed by atoms with E-state index in [0.717, 1.165) is 22.9 Å². The molecule has 0 fully saturated rings. The lowest BCUT2D eigenvalue weighted by Gasteiger charge is -2.14. The molecule has 1 rings (SSSR count). The summed E-state index contributed by atoms with van der Waals surface area (Å²) in [4.78, 5) is 0. The molecule has 0 spiro atoms. The Balaban J connectivity index is 3.23. The monoisotopic (exact) mass is 250 g/mol. The third kappa shape index (κ3) is 2.16. The summed E-state index contributed by atoms with van der Waals surface area (Å²) in [6, 6.07) is 8.07. The summed E-state index contributed by atoms with van der Waals surface area (Å²) >= 11 is 3.42. The first-order valence-corrected chi connectivity index (χ1v) is 5.77. The Kier molecular flexibility index (Phi) is 4.16. The van der Waals surface area contributed by atoms with Crippen LogP contribution >= 0.6 is 15.9 Å². The molecule has 1 unspecified atom stereocenters. The van der Waals surface area contributed by atoms with Crippen LogP contribution in [-0.4, -0.2) is 5.33 Å². The second kappa shape index (κ2) is 5.17. The SMILES string of the molecule is [CH2]C(CBr)c1cccc(C#N)c1CC. The maximum Gasteiger partial charge on any atom is 0.0994 e. The summed E-state index contributed by atoms with van der Waals surface area (Å²) in [5, 5.41) is 9.77. The molecule has 1 aromatic carbocycles. The van der Waals surface area contributed by atoms with Crippen molar-refractivity contribution < 1.29 is 0 Å².